The number of halogens is 1. The minimum Gasteiger partial charge on any atom is -0.385 e. The molecule has 0 aromatic rings. The van der Waals surface area contributed by atoms with E-state index in [9.17, 15) is 0 Å². The molecule has 1 aliphatic rings. The Bertz CT molecular complexity index is 258. The van der Waals surface area contributed by atoms with Crippen LogP contribution < -0.4 is 10.6 Å². The van der Waals surface area contributed by atoms with E-state index in [1.165, 1.54) is 25.7 Å². The first-order valence-electron chi connectivity index (χ1n) is 7.41. The lowest BCUT2D eigenvalue weighted by molar-refractivity contribution is 0.195. The van der Waals surface area contributed by atoms with Crippen LogP contribution in [-0.4, -0.2) is 64.3 Å². The number of ether oxygens (including phenoxy) is 1. The zero-order valence-corrected chi connectivity index (χ0v) is 15.5. The topological polar surface area (TPSA) is 48.9 Å². The molecule has 0 spiro atoms. The van der Waals surface area contributed by atoms with Crippen LogP contribution in [0.1, 0.15) is 32.1 Å². The number of likely N-dealkylation sites (N-methyl/N-ethyl adjacent to an activating group) is 1. The fraction of sp³-hybridized carbons (Fsp3) is 0.929. The Morgan fingerprint density at radius 1 is 1.25 bits per heavy atom. The van der Waals surface area contributed by atoms with Crippen LogP contribution in [0.15, 0.2) is 4.99 Å². The zero-order chi connectivity index (χ0) is 13.9. The van der Waals surface area contributed by atoms with Crippen molar-refractivity contribution in [2.75, 3.05) is 47.4 Å². The van der Waals surface area contributed by atoms with Crippen molar-refractivity contribution in [3.8, 4) is 0 Å². The average molecular weight is 398 g/mol. The van der Waals surface area contributed by atoms with Gasteiger partial charge in [0.1, 0.15) is 0 Å². The van der Waals surface area contributed by atoms with Gasteiger partial charge >= 0.3 is 0 Å². The van der Waals surface area contributed by atoms with Crippen molar-refractivity contribution >= 4 is 29.9 Å². The van der Waals surface area contributed by atoms with Crippen molar-refractivity contribution in [2.45, 2.75) is 38.1 Å². The van der Waals surface area contributed by atoms with E-state index in [1.807, 2.05) is 7.05 Å². The smallest absolute Gasteiger partial charge is 0.191 e. The number of guanidine groups is 1. The molecule has 1 fully saturated rings. The summed E-state index contributed by atoms with van der Waals surface area (Å²) >= 11 is 0. The lowest BCUT2D eigenvalue weighted by Gasteiger charge is -2.24. The largest absolute Gasteiger partial charge is 0.385 e. The van der Waals surface area contributed by atoms with Crippen molar-refractivity contribution in [1.29, 1.82) is 0 Å². The first-order valence-corrected chi connectivity index (χ1v) is 7.41. The maximum absolute atomic E-state index is 5.02. The summed E-state index contributed by atoms with van der Waals surface area (Å²) in [6, 6.07) is 0.790. The second-order valence-corrected chi connectivity index (χ2v) is 5.19. The van der Waals surface area contributed by atoms with Gasteiger partial charge in [0.05, 0.1) is 0 Å². The Balaban J connectivity index is 0.00000361. The molecule has 5 nitrogen and oxygen atoms in total. The average Bonchev–Trinajstić information content (AvgIpc) is 2.95. The monoisotopic (exact) mass is 398 g/mol. The summed E-state index contributed by atoms with van der Waals surface area (Å²) in [6.45, 7) is 3.70. The van der Waals surface area contributed by atoms with E-state index in [1.54, 1.807) is 7.11 Å². The van der Waals surface area contributed by atoms with Gasteiger partial charge in [-0.3, -0.25) is 4.99 Å². The predicted molar refractivity (Wildman–Crippen MR) is 96.2 cm³/mol. The molecule has 1 saturated carbocycles. The first-order chi connectivity index (χ1) is 9.27. The standard InChI is InChI=1S/C14H30N4O.HI/c1-15-14(16-9-6-12-19-3)17-10-11-18(2)13-7-4-5-8-13;/h13H,4-12H2,1-3H3,(H2,15,16,17);1H. The fourth-order valence-electron chi connectivity index (χ4n) is 2.52. The van der Waals surface area contributed by atoms with Gasteiger partial charge in [-0.15, -0.1) is 24.0 Å². The van der Waals surface area contributed by atoms with Crippen LogP contribution in [0.4, 0.5) is 0 Å². The minimum atomic E-state index is 0. The Morgan fingerprint density at radius 2 is 1.90 bits per heavy atom. The number of rotatable bonds is 8. The summed E-state index contributed by atoms with van der Waals surface area (Å²) < 4.78 is 5.02. The van der Waals surface area contributed by atoms with Crippen molar-refractivity contribution in [2.24, 2.45) is 4.99 Å². The summed E-state index contributed by atoms with van der Waals surface area (Å²) in [6.07, 6.45) is 6.51. The van der Waals surface area contributed by atoms with Gasteiger partial charge in [0.25, 0.3) is 0 Å². The molecule has 0 saturated heterocycles. The molecule has 0 aliphatic heterocycles. The zero-order valence-electron chi connectivity index (χ0n) is 13.2. The maximum Gasteiger partial charge on any atom is 0.191 e. The van der Waals surface area contributed by atoms with Crippen LogP contribution in [-0.2, 0) is 4.74 Å². The Morgan fingerprint density at radius 3 is 2.50 bits per heavy atom. The van der Waals surface area contributed by atoms with E-state index in [-0.39, 0.29) is 24.0 Å². The van der Waals surface area contributed by atoms with E-state index in [0.29, 0.717) is 0 Å². The van der Waals surface area contributed by atoms with E-state index in [2.05, 4.69) is 27.6 Å². The van der Waals surface area contributed by atoms with E-state index in [0.717, 1.165) is 44.7 Å². The number of nitrogens with zero attached hydrogens (tertiary/aromatic N) is 2. The molecule has 0 heterocycles. The molecular weight excluding hydrogens is 367 g/mol. The second kappa shape index (κ2) is 12.6. The molecule has 20 heavy (non-hydrogen) atoms. The molecule has 0 radical (unpaired) electrons. The molecule has 0 atom stereocenters. The van der Waals surface area contributed by atoms with Crippen LogP contribution in [0.2, 0.25) is 0 Å². The van der Waals surface area contributed by atoms with Crippen molar-refractivity contribution in [3.63, 3.8) is 0 Å². The molecule has 2 N–H and O–H groups in total. The quantitative estimate of drug-likeness (QED) is 0.283. The summed E-state index contributed by atoms with van der Waals surface area (Å²) in [5.74, 6) is 0.885. The molecule has 0 aromatic carbocycles. The van der Waals surface area contributed by atoms with Crippen LogP contribution >= 0.6 is 24.0 Å². The normalized spacial score (nSPS) is 16.3. The van der Waals surface area contributed by atoms with Crippen LogP contribution in [0, 0.1) is 0 Å². The number of methoxy groups -OCH3 is 1. The third kappa shape index (κ3) is 8.26. The van der Waals surface area contributed by atoms with Crippen LogP contribution in [0.25, 0.3) is 0 Å². The van der Waals surface area contributed by atoms with E-state index >= 15 is 0 Å². The lowest BCUT2D eigenvalue weighted by atomic mass is 10.2. The third-order valence-electron chi connectivity index (χ3n) is 3.75. The molecule has 0 unspecified atom stereocenters. The van der Waals surface area contributed by atoms with Crippen molar-refractivity contribution in [3.05, 3.63) is 0 Å². The minimum absolute atomic E-state index is 0. The number of aliphatic imine (C=N–C) groups is 1. The highest BCUT2D eigenvalue weighted by atomic mass is 127. The Kier molecular flexibility index (Phi) is 12.6. The molecule has 0 aromatic heterocycles. The predicted octanol–water partition coefficient (Wildman–Crippen LogP) is 1.68. The lowest BCUT2D eigenvalue weighted by Crippen LogP contribution is -2.42. The highest BCUT2D eigenvalue weighted by Crippen LogP contribution is 2.21. The molecule has 6 heteroatoms. The molecule has 1 rings (SSSR count). The molecular formula is C14H31IN4O. The van der Waals surface area contributed by atoms with E-state index in [4.69, 9.17) is 4.74 Å². The van der Waals surface area contributed by atoms with Gasteiger partial charge in [-0.1, -0.05) is 12.8 Å². The van der Waals surface area contributed by atoms with Gasteiger partial charge in [0, 0.05) is 46.4 Å². The van der Waals surface area contributed by atoms with Crippen LogP contribution in [0.5, 0.6) is 0 Å². The van der Waals surface area contributed by atoms with Gasteiger partial charge < -0.3 is 20.3 Å². The SMILES string of the molecule is CN=C(NCCCOC)NCCN(C)C1CCCC1.I. The van der Waals surface area contributed by atoms with E-state index < -0.39 is 0 Å². The summed E-state index contributed by atoms with van der Waals surface area (Å²) in [5, 5.41) is 6.64. The fourth-order valence-corrected chi connectivity index (χ4v) is 2.52. The first kappa shape index (κ1) is 19.9. The van der Waals surface area contributed by atoms with Gasteiger partial charge in [-0.2, -0.15) is 0 Å². The second-order valence-electron chi connectivity index (χ2n) is 5.19. The molecule has 1 aliphatic carbocycles. The Labute approximate surface area is 140 Å². The maximum atomic E-state index is 5.02. The van der Waals surface area contributed by atoms with Gasteiger partial charge in [-0.25, -0.2) is 0 Å². The van der Waals surface area contributed by atoms with Gasteiger partial charge in [-0.05, 0) is 26.3 Å². The Hall–Kier alpha value is -0.0800. The number of hydrogen-bond donors (Lipinski definition) is 2. The summed E-state index contributed by atoms with van der Waals surface area (Å²) in [7, 11) is 5.77. The van der Waals surface area contributed by atoms with Crippen molar-refractivity contribution < 1.29 is 4.74 Å². The molecule has 120 valence electrons. The highest BCUT2D eigenvalue weighted by Gasteiger charge is 2.18. The van der Waals surface area contributed by atoms with Crippen molar-refractivity contribution in [1.82, 2.24) is 15.5 Å². The van der Waals surface area contributed by atoms with Gasteiger partial charge in [0.15, 0.2) is 5.96 Å². The number of nitrogens with one attached hydrogen (secondary N) is 2. The summed E-state index contributed by atoms with van der Waals surface area (Å²) in [4.78, 5) is 6.69. The van der Waals surface area contributed by atoms with Gasteiger partial charge in [0.2, 0.25) is 0 Å². The summed E-state index contributed by atoms with van der Waals surface area (Å²) in [5.41, 5.74) is 0. The molecule has 0 amide bonds. The number of hydrogen-bond acceptors (Lipinski definition) is 3. The molecule has 0 bridgehead atoms. The third-order valence-corrected chi connectivity index (χ3v) is 3.75. The van der Waals surface area contributed by atoms with Crippen LogP contribution in [0.3, 0.4) is 0 Å². The highest BCUT2D eigenvalue weighted by molar-refractivity contribution is 14.0.